The molecule has 24 heavy (non-hydrogen) atoms. The van der Waals surface area contributed by atoms with Crippen LogP contribution in [0, 0.1) is 0 Å². The minimum atomic E-state index is 0.623. The molecule has 0 saturated carbocycles. The maximum absolute atomic E-state index is 5.04. The van der Waals surface area contributed by atoms with Crippen LogP contribution >= 0.6 is 0 Å². The normalized spacial score (nSPS) is 37.4. The first-order chi connectivity index (χ1) is 11.8. The van der Waals surface area contributed by atoms with Crippen LogP contribution in [-0.2, 0) is 0 Å². The summed E-state index contributed by atoms with van der Waals surface area (Å²) in [6.07, 6.45) is 4.07. The van der Waals surface area contributed by atoms with Crippen molar-refractivity contribution in [3.8, 4) is 0 Å². The molecule has 6 heteroatoms. The van der Waals surface area contributed by atoms with E-state index in [1.165, 1.54) is 65.1 Å². The topological polar surface area (TPSA) is 37.4 Å². The second kappa shape index (κ2) is 7.58. The summed E-state index contributed by atoms with van der Waals surface area (Å²) in [5, 5.41) is 3.54. The molecular formula is C18H34N6. The predicted octanol–water partition coefficient (Wildman–Crippen LogP) is 0.122. The van der Waals surface area contributed by atoms with E-state index >= 15 is 0 Å². The molecular weight excluding hydrogens is 300 g/mol. The van der Waals surface area contributed by atoms with Crippen molar-refractivity contribution in [2.45, 2.75) is 38.3 Å². The van der Waals surface area contributed by atoms with Gasteiger partial charge < -0.3 is 10.2 Å². The zero-order chi connectivity index (χ0) is 16.4. The summed E-state index contributed by atoms with van der Waals surface area (Å²) in [6, 6.07) is 1.37. The molecule has 5 aliphatic heterocycles. The Labute approximate surface area is 146 Å². The molecule has 5 fully saturated rings. The maximum atomic E-state index is 5.04. The Balaban J connectivity index is 1.35. The van der Waals surface area contributed by atoms with Crippen molar-refractivity contribution >= 4 is 5.96 Å². The van der Waals surface area contributed by atoms with Gasteiger partial charge in [0.25, 0.3) is 0 Å². The van der Waals surface area contributed by atoms with E-state index in [0.29, 0.717) is 6.04 Å². The first kappa shape index (κ1) is 16.6. The fraction of sp³-hybridized carbons (Fsp3) is 0.944. The third kappa shape index (κ3) is 3.55. The van der Waals surface area contributed by atoms with Crippen molar-refractivity contribution < 1.29 is 0 Å². The Morgan fingerprint density at radius 2 is 1.75 bits per heavy atom. The smallest absolute Gasteiger partial charge is 0.194 e. The molecule has 0 aromatic heterocycles. The summed E-state index contributed by atoms with van der Waals surface area (Å²) in [4.78, 5) is 15.5. The van der Waals surface area contributed by atoms with Crippen LogP contribution in [-0.4, -0.2) is 110 Å². The van der Waals surface area contributed by atoms with Crippen LogP contribution in [0.5, 0.6) is 0 Å². The van der Waals surface area contributed by atoms with Gasteiger partial charge >= 0.3 is 0 Å². The number of aliphatic imine (C=N–C) groups is 1. The fourth-order valence-electron chi connectivity index (χ4n) is 4.85. The third-order valence-corrected chi connectivity index (χ3v) is 6.30. The van der Waals surface area contributed by atoms with Gasteiger partial charge in [0, 0.05) is 64.4 Å². The molecule has 5 aliphatic rings. The number of fused-ring (bicyclic) bond motifs is 3. The van der Waals surface area contributed by atoms with Crippen molar-refractivity contribution in [1.82, 2.24) is 24.9 Å². The van der Waals surface area contributed by atoms with Crippen LogP contribution in [0.4, 0.5) is 0 Å². The van der Waals surface area contributed by atoms with Crippen molar-refractivity contribution in [2.24, 2.45) is 4.99 Å². The quantitative estimate of drug-likeness (QED) is 0.584. The Kier molecular flexibility index (Phi) is 5.25. The SMILES string of the molecule is CCNC(=NCC1CN2CCN1CC2)N1CCC(N2CCCC2)C1. The van der Waals surface area contributed by atoms with Crippen molar-refractivity contribution in [1.29, 1.82) is 0 Å². The van der Waals surface area contributed by atoms with E-state index < -0.39 is 0 Å². The molecule has 0 radical (unpaired) electrons. The van der Waals surface area contributed by atoms with E-state index in [-0.39, 0.29) is 0 Å². The molecule has 2 unspecified atom stereocenters. The average molecular weight is 335 g/mol. The Hall–Kier alpha value is -0.850. The number of nitrogens with zero attached hydrogens (tertiary/aromatic N) is 5. The van der Waals surface area contributed by atoms with E-state index in [0.717, 1.165) is 38.2 Å². The highest BCUT2D eigenvalue weighted by Gasteiger charge is 2.33. The molecule has 136 valence electrons. The monoisotopic (exact) mass is 334 g/mol. The molecule has 5 rings (SSSR count). The number of piperazine rings is 3. The van der Waals surface area contributed by atoms with Gasteiger partial charge in [-0.05, 0) is 39.3 Å². The summed E-state index contributed by atoms with van der Waals surface area (Å²) in [5.74, 6) is 1.15. The van der Waals surface area contributed by atoms with Gasteiger partial charge in [-0.15, -0.1) is 0 Å². The maximum Gasteiger partial charge on any atom is 0.194 e. The van der Waals surface area contributed by atoms with Crippen LogP contribution in [0.15, 0.2) is 4.99 Å². The average Bonchev–Trinajstić information content (AvgIpc) is 3.31. The largest absolute Gasteiger partial charge is 0.357 e. The van der Waals surface area contributed by atoms with Crippen molar-refractivity contribution in [2.75, 3.05) is 72.0 Å². The molecule has 5 saturated heterocycles. The number of hydrogen-bond acceptors (Lipinski definition) is 4. The Bertz CT molecular complexity index is 439. The molecule has 0 amide bonds. The second-order valence-corrected chi connectivity index (χ2v) is 7.82. The summed E-state index contributed by atoms with van der Waals surface area (Å²) in [6.45, 7) is 15.2. The molecule has 0 aromatic rings. The molecule has 0 aromatic carbocycles. The highest BCUT2D eigenvalue weighted by atomic mass is 15.4. The van der Waals surface area contributed by atoms with Crippen LogP contribution in [0.3, 0.4) is 0 Å². The van der Waals surface area contributed by atoms with E-state index in [1.807, 2.05) is 0 Å². The van der Waals surface area contributed by atoms with Crippen LogP contribution < -0.4 is 5.32 Å². The lowest BCUT2D eigenvalue weighted by Gasteiger charge is -2.47. The van der Waals surface area contributed by atoms with Gasteiger partial charge in [-0.1, -0.05) is 0 Å². The van der Waals surface area contributed by atoms with Gasteiger partial charge in [0.05, 0.1) is 6.54 Å². The highest BCUT2D eigenvalue weighted by Crippen LogP contribution is 2.21. The summed E-state index contributed by atoms with van der Waals surface area (Å²) < 4.78 is 0. The van der Waals surface area contributed by atoms with Gasteiger partial charge in [0.1, 0.15) is 0 Å². The van der Waals surface area contributed by atoms with E-state index in [4.69, 9.17) is 4.99 Å². The lowest BCUT2D eigenvalue weighted by atomic mass is 10.1. The van der Waals surface area contributed by atoms with Crippen LogP contribution in [0.25, 0.3) is 0 Å². The number of likely N-dealkylation sites (tertiary alicyclic amines) is 2. The minimum absolute atomic E-state index is 0.623. The first-order valence-corrected chi connectivity index (χ1v) is 10.1. The van der Waals surface area contributed by atoms with Crippen molar-refractivity contribution in [3.63, 3.8) is 0 Å². The summed E-state index contributed by atoms with van der Waals surface area (Å²) >= 11 is 0. The van der Waals surface area contributed by atoms with Crippen LogP contribution in [0.1, 0.15) is 26.2 Å². The lowest BCUT2D eigenvalue weighted by molar-refractivity contribution is 0.0173. The third-order valence-electron chi connectivity index (χ3n) is 6.30. The fourth-order valence-corrected chi connectivity index (χ4v) is 4.85. The lowest BCUT2D eigenvalue weighted by Crippen LogP contribution is -2.62. The molecule has 2 atom stereocenters. The Morgan fingerprint density at radius 3 is 2.42 bits per heavy atom. The standard InChI is InChI=1S/C18H34N6/c1-2-19-18(20-13-17-14-21-9-11-23(17)12-10-21)24-8-5-16(15-24)22-6-3-4-7-22/h16-17H,2-15H2,1H3,(H,19,20). The first-order valence-electron chi connectivity index (χ1n) is 10.1. The second-order valence-electron chi connectivity index (χ2n) is 7.82. The summed E-state index contributed by atoms with van der Waals surface area (Å²) in [5.41, 5.74) is 0. The van der Waals surface area contributed by atoms with E-state index in [2.05, 4.69) is 31.8 Å². The summed E-state index contributed by atoms with van der Waals surface area (Å²) in [7, 11) is 0. The van der Waals surface area contributed by atoms with Crippen molar-refractivity contribution in [3.05, 3.63) is 0 Å². The van der Waals surface area contributed by atoms with E-state index in [9.17, 15) is 0 Å². The predicted molar refractivity (Wildman–Crippen MR) is 98.6 cm³/mol. The van der Waals surface area contributed by atoms with Gasteiger partial charge in [0.15, 0.2) is 5.96 Å². The van der Waals surface area contributed by atoms with Gasteiger partial charge in [-0.2, -0.15) is 0 Å². The van der Waals surface area contributed by atoms with Gasteiger partial charge in [-0.25, -0.2) is 0 Å². The van der Waals surface area contributed by atoms with E-state index in [1.54, 1.807) is 0 Å². The highest BCUT2D eigenvalue weighted by molar-refractivity contribution is 5.80. The number of rotatable bonds is 4. The number of hydrogen-bond donors (Lipinski definition) is 1. The molecule has 1 N–H and O–H groups in total. The Morgan fingerprint density at radius 1 is 0.958 bits per heavy atom. The van der Waals surface area contributed by atoms with Gasteiger partial charge in [0.2, 0.25) is 0 Å². The number of nitrogens with one attached hydrogen (secondary N) is 1. The van der Waals surface area contributed by atoms with Crippen LogP contribution in [0.2, 0.25) is 0 Å². The number of guanidine groups is 1. The zero-order valence-corrected chi connectivity index (χ0v) is 15.3. The minimum Gasteiger partial charge on any atom is -0.357 e. The molecule has 5 heterocycles. The zero-order valence-electron chi connectivity index (χ0n) is 15.3. The molecule has 6 nitrogen and oxygen atoms in total. The molecule has 2 bridgehead atoms. The molecule has 0 aliphatic carbocycles. The molecule has 0 spiro atoms. The van der Waals surface area contributed by atoms with Gasteiger partial charge in [-0.3, -0.25) is 19.7 Å².